The van der Waals surface area contributed by atoms with Crippen molar-refractivity contribution >= 4 is 29.0 Å². The lowest BCUT2D eigenvalue weighted by molar-refractivity contribution is 0.228. The van der Waals surface area contributed by atoms with Crippen LogP contribution in [0.4, 0.5) is 5.82 Å². The first-order chi connectivity index (χ1) is 10.7. The van der Waals surface area contributed by atoms with Crippen LogP contribution in [0, 0.1) is 5.92 Å². The van der Waals surface area contributed by atoms with Gasteiger partial charge in [0.1, 0.15) is 16.7 Å². The molecule has 1 fully saturated rings. The third kappa shape index (κ3) is 3.81. The van der Waals surface area contributed by atoms with Crippen LogP contribution in [0.3, 0.4) is 0 Å². The standard InChI is InChI=1S/C16H17Cl2N3O/c17-13-5-1-2-6-14(13)22-11-12-4-3-7-21(10-12)16-9-19-8-15(18)20-16/h1-2,5-6,8-9,12H,3-4,7,10-11H2. The fourth-order valence-corrected chi connectivity index (χ4v) is 3.00. The van der Waals surface area contributed by atoms with Gasteiger partial charge in [0.15, 0.2) is 0 Å². The van der Waals surface area contributed by atoms with Gasteiger partial charge >= 0.3 is 0 Å². The molecule has 4 nitrogen and oxygen atoms in total. The first-order valence-corrected chi connectivity index (χ1v) is 8.08. The zero-order valence-electron chi connectivity index (χ0n) is 12.1. The zero-order valence-corrected chi connectivity index (χ0v) is 13.6. The van der Waals surface area contributed by atoms with Crippen LogP contribution in [0.15, 0.2) is 36.7 Å². The number of para-hydroxylation sites is 1. The van der Waals surface area contributed by atoms with E-state index >= 15 is 0 Å². The maximum Gasteiger partial charge on any atom is 0.149 e. The van der Waals surface area contributed by atoms with Gasteiger partial charge in [-0.25, -0.2) is 4.98 Å². The molecule has 1 aliphatic rings. The van der Waals surface area contributed by atoms with E-state index in [9.17, 15) is 0 Å². The molecule has 0 N–H and O–H groups in total. The molecule has 6 heteroatoms. The number of ether oxygens (including phenoxy) is 1. The van der Waals surface area contributed by atoms with Crippen molar-refractivity contribution in [2.45, 2.75) is 12.8 Å². The first kappa shape index (κ1) is 15.4. The van der Waals surface area contributed by atoms with E-state index in [-0.39, 0.29) is 0 Å². The van der Waals surface area contributed by atoms with Crippen LogP contribution in [-0.4, -0.2) is 29.7 Å². The minimum Gasteiger partial charge on any atom is -0.492 e. The molecule has 116 valence electrons. The van der Waals surface area contributed by atoms with E-state index in [0.717, 1.165) is 37.5 Å². The first-order valence-electron chi connectivity index (χ1n) is 7.32. The maximum absolute atomic E-state index is 6.12. The second-order valence-corrected chi connectivity index (χ2v) is 6.19. The Labute approximate surface area is 140 Å². The van der Waals surface area contributed by atoms with E-state index in [1.165, 1.54) is 0 Å². The third-order valence-electron chi connectivity index (χ3n) is 3.75. The van der Waals surface area contributed by atoms with Crippen molar-refractivity contribution in [2.75, 3.05) is 24.6 Å². The molecule has 22 heavy (non-hydrogen) atoms. The van der Waals surface area contributed by atoms with Gasteiger partial charge in [-0.1, -0.05) is 35.3 Å². The highest BCUT2D eigenvalue weighted by Gasteiger charge is 2.22. The van der Waals surface area contributed by atoms with Crippen molar-refractivity contribution in [3.63, 3.8) is 0 Å². The fraction of sp³-hybridized carbons (Fsp3) is 0.375. The average molecular weight is 338 g/mol. The van der Waals surface area contributed by atoms with Crippen molar-refractivity contribution in [1.29, 1.82) is 0 Å². The molecule has 1 unspecified atom stereocenters. The summed E-state index contributed by atoms with van der Waals surface area (Å²) in [6.45, 7) is 2.51. The molecule has 1 aromatic carbocycles. The third-order valence-corrected chi connectivity index (χ3v) is 4.24. The molecule has 0 radical (unpaired) electrons. The van der Waals surface area contributed by atoms with Crippen molar-refractivity contribution in [2.24, 2.45) is 5.92 Å². The van der Waals surface area contributed by atoms with Crippen molar-refractivity contribution in [3.8, 4) is 5.75 Å². The van der Waals surface area contributed by atoms with E-state index in [4.69, 9.17) is 27.9 Å². The summed E-state index contributed by atoms with van der Waals surface area (Å²) < 4.78 is 5.86. The van der Waals surface area contributed by atoms with Gasteiger partial charge in [-0.2, -0.15) is 0 Å². The maximum atomic E-state index is 6.12. The number of hydrogen-bond acceptors (Lipinski definition) is 4. The SMILES string of the molecule is Clc1cncc(N2CCCC(COc3ccccc3Cl)C2)n1. The van der Waals surface area contributed by atoms with E-state index in [1.54, 1.807) is 12.4 Å². The van der Waals surface area contributed by atoms with Crippen LogP contribution in [0.1, 0.15) is 12.8 Å². The summed E-state index contributed by atoms with van der Waals surface area (Å²) in [7, 11) is 0. The summed E-state index contributed by atoms with van der Waals surface area (Å²) in [6.07, 6.45) is 5.54. The Balaban J connectivity index is 1.60. The van der Waals surface area contributed by atoms with E-state index < -0.39 is 0 Å². The Morgan fingerprint density at radius 2 is 2.09 bits per heavy atom. The topological polar surface area (TPSA) is 38.2 Å². The molecule has 1 aromatic heterocycles. The van der Waals surface area contributed by atoms with Gasteiger partial charge in [0.05, 0.1) is 24.0 Å². The highest BCUT2D eigenvalue weighted by Crippen LogP contribution is 2.26. The van der Waals surface area contributed by atoms with Gasteiger partial charge in [0.2, 0.25) is 0 Å². The molecule has 0 bridgehead atoms. The van der Waals surface area contributed by atoms with Gasteiger partial charge in [-0.3, -0.25) is 4.98 Å². The summed E-state index contributed by atoms with van der Waals surface area (Å²) >= 11 is 12.0. The molecular weight excluding hydrogens is 321 g/mol. The predicted molar refractivity (Wildman–Crippen MR) is 88.9 cm³/mol. The highest BCUT2D eigenvalue weighted by atomic mass is 35.5. The van der Waals surface area contributed by atoms with E-state index in [2.05, 4.69) is 14.9 Å². The minimum atomic E-state index is 0.423. The van der Waals surface area contributed by atoms with Crippen LogP contribution in [-0.2, 0) is 0 Å². The zero-order chi connectivity index (χ0) is 15.4. The second kappa shape index (κ2) is 7.16. The number of anilines is 1. The van der Waals surface area contributed by atoms with Crippen molar-refractivity contribution in [3.05, 3.63) is 46.8 Å². The summed E-state index contributed by atoms with van der Waals surface area (Å²) in [5, 5.41) is 1.07. The Bertz CT molecular complexity index is 638. The van der Waals surface area contributed by atoms with E-state index in [1.807, 2.05) is 24.3 Å². The van der Waals surface area contributed by atoms with Gasteiger partial charge in [0.25, 0.3) is 0 Å². The smallest absolute Gasteiger partial charge is 0.149 e. The number of hydrogen-bond donors (Lipinski definition) is 0. The predicted octanol–water partition coefficient (Wildman–Crippen LogP) is 4.08. The molecule has 0 amide bonds. The number of rotatable bonds is 4. The highest BCUT2D eigenvalue weighted by molar-refractivity contribution is 6.32. The molecular formula is C16H17Cl2N3O. The van der Waals surface area contributed by atoms with Gasteiger partial charge in [-0.15, -0.1) is 0 Å². The monoisotopic (exact) mass is 337 g/mol. The quantitative estimate of drug-likeness (QED) is 0.842. The summed E-state index contributed by atoms with van der Waals surface area (Å²) in [6, 6.07) is 7.56. The Morgan fingerprint density at radius 1 is 1.23 bits per heavy atom. The lowest BCUT2D eigenvalue weighted by Crippen LogP contribution is -2.38. The van der Waals surface area contributed by atoms with Crippen LogP contribution in [0.25, 0.3) is 0 Å². The molecule has 0 spiro atoms. The molecule has 0 aliphatic carbocycles. The van der Waals surface area contributed by atoms with Crippen LogP contribution in [0.2, 0.25) is 10.2 Å². The number of nitrogens with zero attached hydrogens (tertiary/aromatic N) is 3. The molecule has 1 aliphatic heterocycles. The van der Waals surface area contributed by atoms with Gasteiger partial charge < -0.3 is 9.64 Å². The largest absolute Gasteiger partial charge is 0.492 e. The molecule has 1 saturated heterocycles. The summed E-state index contributed by atoms with van der Waals surface area (Å²) in [4.78, 5) is 10.6. The molecule has 3 rings (SSSR count). The molecule has 0 saturated carbocycles. The number of piperidine rings is 1. The van der Waals surface area contributed by atoms with Crippen LogP contribution in [0.5, 0.6) is 5.75 Å². The Morgan fingerprint density at radius 3 is 2.91 bits per heavy atom. The number of benzene rings is 1. The summed E-state index contributed by atoms with van der Waals surface area (Å²) in [5.41, 5.74) is 0. The lowest BCUT2D eigenvalue weighted by Gasteiger charge is -2.33. The van der Waals surface area contributed by atoms with Crippen molar-refractivity contribution < 1.29 is 4.74 Å². The number of aromatic nitrogens is 2. The Hall–Kier alpha value is -1.52. The van der Waals surface area contributed by atoms with Crippen molar-refractivity contribution in [1.82, 2.24) is 9.97 Å². The molecule has 2 heterocycles. The fourth-order valence-electron chi connectivity index (χ4n) is 2.66. The van der Waals surface area contributed by atoms with Gasteiger partial charge in [0, 0.05) is 19.0 Å². The van der Waals surface area contributed by atoms with Crippen LogP contribution < -0.4 is 9.64 Å². The average Bonchev–Trinajstić information content (AvgIpc) is 2.54. The Kier molecular flexibility index (Phi) is 5.01. The lowest BCUT2D eigenvalue weighted by atomic mass is 9.99. The second-order valence-electron chi connectivity index (χ2n) is 5.40. The molecule has 1 atom stereocenters. The van der Waals surface area contributed by atoms with E-state index in [0.29, 0.717) is 22.7 Å². The normalized spacial score (nSPS) is 18.3. The number of halogens is 2. The summed E-state index contributed by atoms with van der Waals surface area (Å²) in [5.74, 6) is 2.00. The minimum absolute atomic E-state index is 0.423. The molecule has 2 aromatic rings. The van der Waals surface area contributed by atoms with Crippen LogP contribution >= 0.6 is 23.2 Å². The van der Waals surface area contributed by atoms with Gasteiger partial charge in [-0.05, 0) is 25.0 Å².